The van der Waals surface area contributed by atoms with Gasteiger partial charge in [-0.05, 0) is 29.7 Å². The van der Waals surface area contributed by atoms with Crippen molar-refractivity contribution in [3.63, 3.8) is 0 Å². The predicted molar refractivity (Wildman–Crippen MR) is 124 cm³/mol. The number of hydrogen-bond donors (Lipinski definition) is 1. The zero-order valence-electron chi connectivity index (χ0n) is 19.0. The van der Waals surface area contributed by atoms with Crippen LogP contribution >= 0.6 is 0 Å². The van der Waals surface area contributed by atoms with Crippen LogP contribution in [0.25, 0.3) is 11.4 Å². The summed E-state index contributed by atoms with van der Waals surface area (Å²) in [4.78, 5) is 21.7. The third-order valence-corrected chi connectivity index (χ3v) is 5.50. The fourth-order valence-corrected chi connectivity index (χ4v) is 3.59. The van der Waals surface area contributed by atoms with Crippen LogP contribution in [0.5, 0.6) is 5.75 Å². The van der Waals surface area contributed by atoms with E-state index in [-0.39, 0.29) is 12.3 Å². The first-order valence-electron chi connectivity index (χ1n) is 10.9. The normalized spacial score (nSPS) is 11.8. The third kappa shape index (κ3) is 5.28. The zero-order valence-corrected chi connectivity index (χ0v) is 19.0. The Labute approximate surface area is 192 Å². The predicted octanol–water partition coefficient (Wildman–Crippen LogP) is 3.88. The molecule has 0 saturated carbocycles. The summed E-state index contributed by atoms with van der Waals surface area (Å²) in [5, 5.41) is 7.14. The fourth-order valence-electron chi connectivity index (χ4n) is 3.59. The van der Waals surface area contributed by atoms with Gasteiger partial charge in [0.1, 0.15) is 17.6 Å². The minimum absolute atomic E-state index is 0.141. The van der Waals surface area contributed by atoms with E-state index in [0.717, 1.165) is 23.4 Å². The maximum Gasteiger partial charge on any atom is 0.227 e. The van der Waals surface area contributed by atoms with E-state index in [1.807, 2.05) is 54.2 Å². The minimum Gasteiger partial charge on any atom is -0.497 e. The lowest BCUT2D eigenvalue weighted by atomic mass is 10.1. The van der Waals surface area contributed by atoms with E-state index in [1.54, 1.807) is 13.3 Å². The van der Waals surface area contributed by atoms with Crippen molar-refractivity contribution in [1.82, 2.24) is 25.0 Å². The van der Waals surface area contributed by atoms with Gasteiger partial charge in [0.05, 0.1) is 7.11 Å². The van der Waals surface area contributed by atoms with E-state index in [9.17, 15) is 4.79 Å². The van der Waals surface area contributed by atoms with Crippen molar-refractivity contribution >= 4 is 5.91 Å². The number of amides is 1. The van der Waals surface area contributed by atoms with E-state index < -0.39 is 6.04 Å². The summed E-state index contributed by atoms with van der Waals surface area (Å²) < 4.78 is 12.6. The van der Waals surface area contributed by atoms with Gasteiger partial charge < -0.3 is 19.1 Å². The molecule has 0 aliphatic carbocycles. The molecular formula is C25H27N5O3. The number of aryl methyl sites for hydroxylation is 3. The lowest BCUT2D eigenvalue weighted by Crippen LogP contribution is -2.31. The summed E-state index contributed by atoms with van der Waals surface area (Å²) in [6, 6.07) is 15.2. The molecule has 2 aromatic heterocycles. The van der Waals surface area contributed by atoms with Crippen molar-refractivity contribution in [3.05, 3.63) is 83.8 Å². The summed E-state index contributed by atoms with van der Waals surface area (Å²) >= 11 is 0. The molecule has 1 atom stereocenters. The van der Waals surface area contributed by atoms with Crippen molar-refractivity contribution in [1.29, 1.82) is 0 Å². The van der Waals surface area contributed by atoms with Crippen LogP contribution in [-0.2, 0) is 24.7 Å². The van der Waals surface area contributed by atoms with Crippen molar-refractivity contribution in [3.8, 4) is 17.1 Å². The Hall–Kier alpha value is -3.94. The molecule has 2 heterocycles. The Kier molecular flexibility index (Phi) is 6.83. The highest BCUT2D eigenvalue weighted by atomic mass is 16.5. The van der Waals surface area contributed by atoms with Crippen molar-refractivity contribution < 1.29 is 14.1 Å². The largest absolute Gasteiger partial charge is 0.497 e. The van der Waals surface area contributed by atoms with Crippen LogP contribution in [0.1, 0.15) is 42.2 Å². The fraction of sp³-hybridized carbons (Fsp3) is 0.280. The quantitative estimate of drug-likeness (QED) is 0.420. The molecule has 8 heteroatoms. The Balaban J connectivity index is 1.44. The standard InChI is InChI=1S/C25H27N5O3/c1-4-17-8-10-18(11-9-17)24-28-22(33-29-24)13-12-21(31)27-23(25-26-14-15-30(25)2)19-6-5-7-20(16-19)32-3/h5-11,14-16,23H,4,12-13H2,1-3H3,(H,27,31)/t23-/m0/s1. The summed E-state index contributed by atoms with van der Waals surface area (Å²) in [5.41, 5.74) is 3.02. The van der Waals surface area contributed by atoms with E-state index in [2.05, 4.69) is 39.5 Å². The van der Waals surface area contributed by atoms with Crippen LogP contribution in [0, 0.1) is 0 Å². The molecule has 8 nitrogen and oxygen atoms in total. The molecule has 0 aliphatic rings. The lowest BCUT2D eigenvalue weighted by Gasteiger charge is -2.19. The number of ether oxygens (including phenoxy) is 1. The molecule has 0 unspecified atom stereocenters. The van der Waals surface area contributed by atoms with Crippen LogP contribution < -0.4 is 10.1 Å². The number of rotatable bonds is 9. The van der Waals surface area contributed by atoms with Gasteiger partial charge in [0.25, 0.3) is 0 Å². The number of hydrogen-bond acceptors (Lipinski definition) is 6. The monoisotopic (exact) mass is 445 g/mol. The van der Waals surface area contributed by atoms with Crippen LogP contribution in [0.3, 0.4) is 0 Å². The number of imidazole rings is 1. The molecule has 4 aromatic rings. The van der Waals surface area contributed by atoms with E-state index in [4.69, 9.17) is 9.26 Å². The van der Waals surface area contributed by atoms with Gasteiger partial charge in [-0.15, -0.1) is 0 Å². The molecule has 0 fully saturated rings. The molecule has 4 rings (SSSR count). The lowest BCUT2D eigenvalue weighted by molar-refractivity contribution is -0.121. The molecule has 0 saturated heterocycles. The van der Waals surface area contributed by atoms with Gasteiger partial charge in [0, 0.05) is 37.8 Å². The number of benzene rings is 2. The van der Waals surface area contributed by atoms with Crippen LogP contribution in [0.15, 0.2) is 65.4 Å². The summed E-state index contributed by atoms with van der Waals surface area (Å²) in [6.45, 7) is 2.11. The number of nitrogens with zero attached hydrogens (tertiary/aromatic N) is 4. The number of nitrogens with one attached hydrogen (secondary N) is 1. The Morgan fingerprint density at radius 3 is 2.73 bits per heavy atom. The average molecular weight is 446 g/mol. The Morgan fingerprint density at radius 2 is 2.03 bits per heavy atom. The molecule has 1 N–H and O–H groups in total. The van der Waals surface area contributed by atoms with Gasteiger partial charge in [0.2, 0.25) is 17.6 Å². The van der Waals surface area contributed by atoms with Gasteiger partial charge >= 0.3 is 0 Å². The highest BCUT2D eigenvalue weighted by Crippen LogP contribution is 2.24. The average Bonchev–Trinajstić information content (AvgIpc) is 3.50. The third-order valence-electron chi connectivity index (χ3n) is 5.50. The van der Waals surface area contributed by atoms with Crippen LogP contribution in [-0.4, -0.2) is 32.7 Å². The minimum atomic E-state index is -0.414. The maximum atomic E-state index is 12.8. The number of carbonyl (C=O) groups excluding carboxylic acids is 1. The second-order valence-electron chi connectivity index (χ2n) is 7.74. The van der Waals surface area contributed by atoms with Gasteiger partial charge in [0.15, 0.2) is 0 Å². The smallest absolute Gasteiger partial charge is 0.227 e. The van der Waals surface area contributed by atoms with E-state index >= 15 is 0 Å². The van der Waals surface area contributed by atoms with Crippen molar-refractivity contribution in [2.45, 2.75) is 32.2 Å². The first kappa shape index (κ1) is 22.3. The summed E-state index contributed by atoms with van der Waals surface area (Å²) in [7, 11) is 3.51. The molecule has 0 aliphatic heterocycles. The van der Waals surface area contributed by atoms with Gasteiger partial charge in [-0.2, -0.15) is 4.98 Å². The van der Waals surface area contributed by atoms with E-state index in [1.165, 1.54) is 5.56 Å². The highest BCUT2D eigenvalue weighted by molar-refractivity contribution is 5.77. The van der Waals surface area contributed by atoms with Crippen LogP contribution in [0.4, 0.5) is 0 Å². The van der Waals surface area contributed by atoms with Gasteiger partial charge in [-0.3, -0.25) is 4.79 Å². The zero-order chi connectivity index (χ0) is 23.2. The number of aromatic nitrogens is 4. The topological polar surface area (TPSA) is 95.1 Å². The molecule has 170 valence electrons. The van der Waals surface area contributed by atoms with E-state index in [0.29, 0.717) is 23.9 Å². The molecule has 0 spiro atoms. The molecular weight excluding hydrogens is 418 g/mol. The second-order valence-corrected chi connectivity index (χ2v) is 7.74. The number of carbonyl (C=O) groups is 1. The number of methoxy groups -OCH3 is 1. The molecule has 33 heavy (non-hydrogen) atoms. The summed E-state index contributed by atoms with van der Waals surface area (Å²) in [6.07, 6.45) is 5.09. The summed E-state index contributed by atoms with van der Waals surface area (Å²) in [5.74, 6) is 2.25. The molecule has 0 bridgehead atoms. The molecule has 1 amide bonds. The molecule has 2 aromatic carbocycles. The highest BCUT2D eigenvalue weighted by Gasteiger charge is 2.22. The van der Waals surface area contributed by atoms with Gasteiger partial charge in [-0.1, -0.05) is 48.5 Å². The first-order valence-corrected chi connectivity index (χ1v) is 10.9. The van der Waals surface area contributed by atoms with Gasteiger partial charge in [-0.25, -0.2) is 4.98 Å². The maximum absolute atomic E-state index is 12.8. The van der Waals surface area contributed by atoms with Crippen molar-refractivity contribution in [2.24, 2.45) is 7.05 Å². The van der Waals surface area contributed by atoms with Crippen LogP contribution in [0.2, 0.25) is 0 Å². The second kappa shape index (κ2) is 10.1. The Bertz CT molecular complexity index is 1210. The SMILES string of the molecule is CCc1ccc(-c2noc(CCC(=O)N[C@@H](c3cccc(OC)c3)c3nccn3C)n2)cc1. The molecule has 0 radical (unpaired) electrons. The first-order chi connectivity index (χ1) is 16.1. The Morgan fingerprint density at radius 1 is 1.21 bits per heavy atom. The van der Waals surface area contributed by atoms with Crippen molar-refractivity contribution in [2.75, 3.05) is 7.11 Å².